The van der Waals surface area contributed by atoms with Crippen LogP contribution in [0.15, 0.2) is 63.5 Å². The number of rotatable bonds is 6. The van der Waals surface area contributed by atoms with Crippen LogP contribution in [0.1, 0.15) is 16.9 Å². The Labute approximate surface area is 178 Å². The Morgan fingerprint density at radius 3 is 2.68 bits per heavy atom. The molecule has 0 unspecified atom stereocenters. The summed E-state index contributed by atoms with van der Waals surface area (Å²) in [6, 6.07) is 16.0. The number of hydrogen-bond donors (Lipinski definition) is 0. The summed E-state index contributed by atoms with van der Waals surface area (Å²) in [5.41, 5.74) is 2.42. The molecule has 2 aromatic heterocycles. The van der Waals surface area contributed by atoms with Gasteiger partial charge < -0.3 is 18.4 Å². The fourth-order valence-electron chi connectivity index (χ4n) is 3.32. The molecule has 9 heteroatoms. The van der Waals surface area contributed by atoms with E-state index in [9.17, 15) is 8.42 Å². The van der Waals surface area contributed by atoms with Gasteiger partial charge in [-0.25, -0.2) is 8.42 Å². The van der Waals surface area contributed by atoms with Crippen LogP contribution in [0.5, 0.6) is 11.5 Å². The van der Waals surface area contributed by atoms with Gasteiger partial charge in [0.25, 0.3) is 5.89 Å². The van der Waals surface area contributed by atoms with Gasteiger partial charge in [0.2, 0.25) is 12.6 Å². The number of benzene rings is 2. The highest BCUT2D eigenvalue weighted by Crippen LogP contribution is 2.35. The Morgan fingerprint density at radius 2 is 1.81 bits per heavy atom. The van der Waals surface area contributed by atoms with Gasteiger partial charge in [-0.15, -0.1) is 0 Å². The van der Waals surface area contributed by atoms with Crippen LogP contribution in [0.25, 0.3) is 23.0 Å². The average Bonchev–Trinajstić information content (AvgIpc) is 3.48. The van der Waals surface area contributed by atoms with Crippen molar-refractivity contribution in [3.8, 4) is 34.5 Å². The van der Waals surface area contributed by atoms with Crippen molar-refractivity contribution in [3.05, 3.63) is 71.5 Å². The number of fused-ring (bicyclic) bond motifs is 1. The van der Waals surface area contributed by atoms with Crippen molar-refractivity contribution in [3.63, 3.8) is 0 Å². The molecule has 1 aliphatic rings. The third-order valence-corrected chi connectivity index (χ3v) is 6.40. The van der Waals surface area contributed by atoms with Gasteiger partial charge in [0, 0.05) is 5.56 Å². The molecule has 5 rings (SSSR count). The summed E-state index contributed by atoms with van der Waals surface area (Å²) >= 11 is 0. The first-order chi connectivity index (χ1) is 15.0. The molecule has 0 atom stereocenters. The number of ether oxygens (including phenoxy) is 2. The quantitative estimate of drug-likeness (QED) is 0.442. The summed E-state index contributed by atoms with van der Waals surface area (Å²) in [5, 5.41) is 3.98. The minimum atomic E-state index is -3.41. The lowest BCUT2D eigenvalue weighted by Crippen LogP contribution is -2.08. The average molecular weight is 438 g/mol. The Morgan fingerprint density at radius 1 is 0.968 bits per heavy atom. The van der Waals surface area contributed by atoms with E-state index >= 15 is 0 Å². The van der Waals surface area contributed by atoms with Crippen LogP contribution in [-0.4, -0.2) is 25.4 Å². The summed E-state index contributed by atoms with van der Waals surface area (Å²) in [6.45, 7) is 2.07. The summed E-state index contributed by atoms with van der Waals surface area (Å²) in [5.74, 6) is 2.15. The lowest BCUT2D eigenvalue weighted by molar-refractivity contribution is 0.174. The lowest BCUT2D eigenvalue weighted by atomic mass is 10.1. The molecule has 0 amide bonds. The first-order valence-corrected chi connectivity index (χ1v) is 11.4. The van der Waals surface area contributed by atoms with Crippen molar-refractivity contribution in [2.24, 2.45) is 0 Å². The molecule has 31 heavy (non-hydrogen) atoms. The Kier molecular flexibility index (Phi) is 4.74. The predicted octanol–water partition coefficient (Wildman–Crippen LogP) is 4.15. The third kappa shape index (κ3) is 4.04. The van der Waals surface area contributed by atoms with Gasteiger partial charge in [0.1, 0.15) is 11.5 Å². The molecule has 0 bridgehead atoms. The number of nitrogens with zero attached hydrogens (tertiary/aromatic N) is 2. The summed E-state index contributed by atoms with van der Waals surface area (Å²) in [7, 11) is -3.41. The van der Waals surface area contributed by atoms with E-state index in [1.807, 2.05) is 31.2 Å². The Balaban J connectivity index is 1.32. The van der Waals surface area contributed by atoms with Crippen LogP contribution in [-0.2, 0) is 21.3 Å². The van der Waals surface area contributed by atoms with E-state index in [2.05, 4.69) is 10.1 Å². The Hall–Kier alpha value is -3.59. The zero-order chi connectivity index (χ0) is 21.4. The SMILES string of the molecule is Cc1ccccc1CS(=O)(=O)Cc1ccc(-c2nc(-c3ccc4c(c3)OCO4)no2)o1. The zero-order valence-corrected chi connectivity index (χ0v) is 17.4. The molecule has 0 radical (unpaired) electrons. The second kappa shape index (κ2) is 7.59. The number of hydrogen-bond acceptors (Lipinski definition) is 8. The maximum absolute atomic E-state index is 12.6. The van der Waals surface area contributed by atoms with E-state index in [1.165, 1.54) is 0 Å². The van der Waals surface area contributed by atoms with Gasteiger partial charge in [-0.1, -0.05) is 29.4 Å². The highest BCUT2D eigenvalue weighted by molar-refractivity contribution is 7.89. The van der Waals surface area contributed by atoms with E-state index in [1.54, 1.807) is 30.3 Å². The highest BCUT2D eigenvalue weighted by Gasteiger charge is 2.21. The zero-order valence-electron chi connectivity index (χ0n) is 16.6. The van der Waals surface area contributed by atoms with Crippen LogP contribution in [0.4, 0.5) is 0 Å². The van der Waals surface area contributed by atoms with Gasteiger partial charge in [-0.05, 0) is 48.4 Å². The smallest absolute Gasteiger partial charge is 0.293 e. The molecule has 2 aromatic carbocycles. The van der Waals surface area contributed by atoms with Gasteiger partial charge in [0.15, 0.2) is 27.1 Å². The van der Waals surface area contributed by atoms with E-state index in [4.69, 9.17) is 18.4 Å². The van der Waals surface area contributed by atoms with Gasteiger partial charge in [0.05, 0.1) is 5.75 Å². The van der Waals surface area contributed by atoms with Crippen LogP contribution in [0.3, 0.4) is 0 Å². The molecule has 1 aliphatic heterocycles. The van der Waals surface area contributed by atoms with Crippen LogP contribution in [0, 0.1) is 6.92 Å². The van der Waals surface area contributed by atoms with Crippen molar-refractivity contribution in [1.29, 1.82) is 0 Å². The van der Waals surface area contributed by atoms with Crippen molar-refractivity contribution in [1.82, 2.24) is 10.1 Å². The molecule has 0 aliphatic carbocycles. The molecule has 3 heterocycles. The van der Waals surface area contributed by atoms with Crippen LogP contribution >= 0.6 is 0 Å². The van der Waals surface area contributed by atoms with Crippen molar-refractivity contribution in [2.75, 3.05) is 6.79 Å². The molecule has 0 spiro atoms. The second-order valence-electron chi connectivity index (χ2n) is 7.22. The second-order valence-corrected chi connectivity index (χ2v) is 9.28. The predicted molar refractivity (Wildman–Crippen MR) is 111 cm³/mol. The number of sulfone groups is 1. The molecular weight excluding hydrogens is 420 g/mol. The molecule has 8 nitrogen and oxygen atoms in total. The van der Waals surface area contributed by atoms with E-state index in [0.717, 1.165) is 11.1 Å². The topological polar surface area (TPSA) is 105 Å². The van der Waals surface area contributed by atoms with Crippen LogP contribution in [0.2, 0.25) is 0 Å². The summed E-state index contributed by atoms with van der Waals surface area (Å²) in [6.07, 6.45) is 0. The molecule has 0 saturated carbocycles. The first-order valence-electron chi connectivity index (χ1n) is 9.55. The maximum Gasteiger partial charge on any atom is 0.293 e. The number of aryl methyl sites for hydroxylation is 1. The van der Waals surface area contributed by atoms with E-state index < -0.39 is 9.84 Å². The van der Waals surface area contributed by atoms with Gasteiger partial charge >= 0.3 is 0 Å². The number of furan rings is 1. The largest absolute Gasteiger partial charge is 0.455 e. The molecule has 0 fully saturated rings. The fourth-order valence-corrected chi connectivity index (χ4v) is 4.81. The standard InChI is InChI=1S/C22H18N2O6S/c1-14-4-2-3-5-16(14)11-31(25,26)12-17-7-9-19(29-17)22-23-21(24-30-22)15-6-8-18-20(10-15)28-13-27-18/h2-10H,11-13H2,1H3. The number of aromatic nitrogens is 2. The van der Waals surface area contributed by atoms with Crippen molar-refractivity contribution < 1.29 is 26.8 Å². The van der Waals surface area contributed by atoms with Crippen molar-refractivity contribution >= 4 is 9.84 Å². The lowest BCUT2D eigenvalue weighted by Gasteiger charge is -2.06. The normalized spacial score (nSPS) is 12.9. The Bertz CT molecular complexity index is 1360. The van der Waals surface area contributed by atoms with E-state index in [-0.39, 0.29) is 24.2 Å². The minimum absolute atomic E-state index is 0.0511. The minimum Gasteiger partial charge on any atom is -0.455 e. The fraction of sp³-hybridized carbons (Fsp3) is 0.182. The maximum atomic E-state index is 12.6. The van der Waals surface area contributed by atoms with Gasteiger partial charge in [-0.3, -0.25) is 0 Å². The van der Waals surface area contributed by atoms with Crippen LogP contribution < -0.4 is 9.47 Å². The molecule has 0 saturated heterocycles. The third-order valence-electron chi connectivity index (χ3n) is 4.93. The van der Waals surface area contributed by atoms with Crippen molar-refractivity contribution in [2.45, 2.75) is 18.4 Å². The molecule has 0 N–H and O–H groups in total. The summed E-state index contributed by atoms with van der Waals surface area (Å²) < 4.78 is 46.9. The molecular formula is C22H18N2O6S. The first kappa shape index (κ1) is 19.4. The van der Waals surface area contributed by atoms with E-state index in [0.29, 0.717) is 34.4 Å². The monoisotopic (exact) mass is 438 g/mol. The molecule has 158 valence electrons. The van der Waals surface area contributed by atoms with Gasteiger partial charge in [-0.2, -0.15) is 4.98 Å². The highest BCUT2D eigenvalue weighted by atomic mass is 32.2. The molecule has 4 aromatic rings. The summed E-state index contributed by atoms with van der Waals surface area (Å²) in [4.78, 5) is 4.35.